The number of hydrogen-bond acceptors (Lipinski definition) is 3. The van der Waals surface area contributed by atoms with E-state index in [0.717, 1.165) is 17.9 Å². The molecular formula is C14H22N2O2S. The summed E-state index contributed by atoms with van der Waals surface area (Å²) in [6.07, 6.45) is 6.10. The van der Waals surface area contributed by atoms with Crippen LogP contribution in [0.3, 0.4) is 0 Å². The van der Waals surface area contributed by atoms with Gasteiger partial charge in [0.1, 0.15) is 0 Å². The Balaban J connectivity index is 1.99. The van der Waals surface area contributed by atoms with E-state index in [1.807, 2.05) is 18.2 Å². The highest BCUT2D eigenvalue weighted by Crippen LogP contribution is 2.30. The SMILES string of the molecule is CCC1CCC(Nc2cccc(NS(C)(=O)=O)c2)C1. The van der Waals surface area contributed by atoms with E-state index < -0.39 is 10.0 Å². The first-order chi connectivity index (χ1) is 8.96. The molecule has 0 spiro atoms. The van der Waals surface area contributed by atoms with E-state index >= 15 is 0 Å². The van der Waals surface area contributed by atoms with Crippen molar-refractivity contribution in [1.29, 1.82) is 0 Å². The summed E-state index contributed by atoms with van der Waals surface area (Å²) in [5.74, 6) is 0.829. The van der Waals surface area contributed by atoms with E-state index in [-0.39, 0.29) is 0 Å². The van der Waals surface area contributed by atoms with Gasteiger partial charge in [0, 0.05) is 11.7 Å². The lowest BCUT2D eigenvalue weighted by molar-refractivity contribution is 0.525. The zero-order chi connectivity index (χ0) is 13.9. The van der Waals surface area contributed by atoms with Crippen molar-refractivity contribution in [2.45, 2.75) is 38.6 Å². The first-order valence-corrected chi connectivity index (χ1v) is 8.70. The van der Waals surface area contributed by atoms with Gasteiger partial charge in [-0.25, -0.2) is 8.42 Å². The Morgan fingerprint density at radius 3 is 2.63 bits per heavy atom. The maximum absolute atomic E-state index is 11.2. The molecule has 0 aromatic heterocycles. The average molecular weight is 282 g/mol. The minimum atomic E-state index is -3.21. The van der Waals surface area contributed by atoms with Gasteiger partial charge in [-0.15, -0.1) is 0 Å². The molecule has 0 amide bonds. The van der Waals surface area contributed by atoms with Crippen LogP contribution in [0.2, 0.25) is 0 Å². The summed E-state index contributed by atoms with van der Waals surface area (Å²) in [4.78, 5) is 0. The Labute approximate surface area is 115 Å². The van der Waals surface area contributed by atoms with Crippen LogP contribution >= 0.6 is 0 Å². The Bertz CT molecular complexity index is 528. The summed E-state index contributed by atoms with van der Waals surface area (Å²) >= 11 is 0. The first-order valence-electron chi connectivity index (χ1n) is 6.80. The van der Waals surface area contributed by atoms with Crippen LogP contribution in [-0.2, 0) is 10.0 Å². The van der Waals surface area contributed by atoms with Gasteiger partial charge in [0.2, 0.25) is 10.0 Å². The summed E-state index contributed by atoms with van der Waals surface area (Å²) in [6.45, 7) is 2.24. The van der Waals surface area contributed by atoms with E-state index in [9.17, 15) is 8.42 Å². The molecule has 1 fully saturated rings. The molecule has 5 heteroatoms. The molecule has 0 heterocycles. The number of hydrogen-bond donors (Lipinski definition) is 2. The normalized spacial score (nSPS) is 23.3. The largest absolute Gasteiger partial charge is 0.382 e. The second-order valence-corrected chi connectivity index (χ2v) is 7.13. The lowest BCUT2D eigenvalue weighted by Gasteiger charge is -2.15. The number of rotatable bonds is 5. The minimum Gasteiger partial charge on any atom is -0.382 e. The maximum Gasteiger partial charge on any atom is 0.229 e. The van der Waals surface area contributed by atoms with Crippen molar-refractivity contribution < 1.29 is 8.42 Å². The van der Waals surface area contributed by atoms with Crippen LogP contribution in [-0.4, -0.2) is 20.7 Å². The Morgan fingerprint density at radius 1 is 1.26 bits per heavy atom. The van der Waals surface area contributed by atoms with Crippen LogP contribution in [0.4, 0.5) is 11.4 Å². The van der Waals surface area contributed by atoms with Gasteiger partial charge in [-0.1, -0.05) is 19.4 Å². The Morgan fingerprint density at radius 2 is 2.00 bits per heavy atom. The van der Waals surface area contributed by atoms with Crippen LogP contribution < -0.4 is 10.0 Å². The van der Waals surface area contributed by atoms with Crippen molar-refractivity contribution in [3.63, 3.8) is 0 Å². The molecule has 19 heavy (non-hydrogen) atoms. The number of benzene rings is 1. The topological polar surface area (TPSA) is 58.2 Å². The van der Waals surface area contributed by atoms with E-state index in [2.05, 4.69) is 17.0 Å². The highest BCUT2D eigenvalue weighted by molar-refractivity contribution is 7.92. The van der Waals surface area contributed by atoms with Crippen LogP contribution in [0, 0.1) is 5.92 Å². The second kappa shape index (κ2) is 5.82. The van der Waals surface area contributed by atoms with E-state index in [4.69, 9.17) is 0 Å². The predicted octanol–water partition coefficient (Wildman–Crippen LogP) is 3.05. The Kier molecular flexibility index (Phi) is 4.34. The molecule has 0 radical (unpaired) electrons. The van der Waals surface area contributed by atoms with Crippen molar-refractivity contribution in [3.05, 3.63) is 24.3 Å². The molecule has 1 saturated carbocycles. The third kappa shape index (κ3) is 4.42. The summed E-state index contributed by atoms with van der Waals surface area (Å²) in [5, 5.41) is 3.50. The highest BCUT2D eigenvalue weighted by atomic mass is 32.2. The van der Waals surface area contributed by atoms with Gasteiger partial charge in [0.25, 0.3) is 0 Å². The van der Waals surface area contributed by atoms with Crippen molar-refractivity contribution in [2.24, 2.45) is 5.92 Å². The lowest BCUT2D eigenvalue weighted by Crippen LogP contribution is -2.16. The smallest absolute Gasteiger partial charge is 0.229 e. The van der Waals surface area contributed by atoms with Gasteiger partial charge in [-0.2, -0.15) is 0 Å². The van der Waals surface area contributed by atoms with E-state index in [1.165, 1.54) is 25.7 Å². The molecule has 2 N–H and O–H groups in total. The molecule has 2 rings (SSSR count). The molecule has 4 nitrogen and oxygen atoms in total. The molecule has 1 aliphatic rings. The molecule has 2 atom stereocenters. The first kappa shape index (κ1) is 14.2. The molecular weight excluding hydrogens is 260 g/mol. The monoisotopic (exact) mass is 282 g/mol. The molecule has 2 unspecified atom stereocenters. The fourth-order valence-corrected chi connectivity index (χ4v) is 3.25. The minimum absolute atomic E-state index is 0.512. The predicted molar refractivity (Wildman–Crippen MR) is 80.0 cm³/mol. The van der Waals surface area contributed by atoms with Crippen LogP contribution in [0.1, 0.15) is 32.6 Å². The molecule has 1 aromatic rings. The van der Waals surface area contributed by atoms with Crippen molar-refractivity contribution >= 4 is 21.4 Å². The summed E-state index contributed by atoms with van der Waals surface area (Å²) in [7, 11) is -3.21. The standard InChI is InChI=1S/C14H22N2O2S/c1-3-11-7-8-13(9-11)15-12-5-4-6-14(10-12)16-19(2,17)18/h4-6,10-11,13,15-16H,3,7-9H2,1-2H3. The summed E-state index contributed by atoms with van der Waals surface area (Å²) in [6, 6.07) is 7.96. The van der Waals surface area contributed by atoms with Crippen molar-refractivity contribution in [1.82, 2.24) is 0 Å². The van der Waals surface area contributed by atoms with Crippen LogP contribution in [0.15, 0.2) is 24.3 Å². The fourth-order valence-electron chi connectivity index (χ4n) is 2.70. The van der Waals surface area contributed by atoms with Crippen molar-refractivity contribution in [3.8, 4) is 0 Å². The van der Waals surface area contributed by atoms with Crippen LogP contribution in [0.25, 0.3) is 0 Å². The number of sulfonamides is 1. The zero-order valence-electron chi connectivity index (χ0n) is 11.5. The Hall–Kier alpha value is -1.23. The summed E-state index contributed by atoms with van der Waals surface area (Å²) < 4.78 is 24.9. The molecule has 0 aliphatic heterocycles. The van der Waals surface area contributed by atoms with Gasteiger partial charge in [0.05, 0.1) is 11.9 Å². The van der Waals surface area contributed by atoms with Gasteiger partial charge < -0.3 is 5.32 Å². The van der Waals surface area contributed by atoms with Gasteiger partial charge in [-0.3, -0.25) is 4.72 Å². The molecule has 0 bridgehead atoms. The molecule has 106 valence electrons. The maximum atomic E-state index is 11.2. The van der Waals surface area contributed by atoms with Gasteiger partial charge in [0.15, 0.2) is 0 Å². The third-order valence-corrected chi connectivity index (χ3v) is 4.26. The lowest BCUT2D eigenvalue weighted by atomic mass is 10.1. The zero-order valence-corrected chi connectivity index (χ0v) is 12.3. The molecule has 1 aliphatic carbocycles. The van der Waals surface area contributed by atoms with E-state index in [0.29, 0.717) is 11.7 Å². The fraction of sp³-hybridized carbons (Fsp3) is 0.571. The molecule has 1 aromatic carbocycles. The second-order valence-electron chi connectivity index (χ2n) is 5.38. The molecule has 0 saturated heterocycles. The average Bonchev–Trinajstić information content (AvgIpc) is 2.75. The number of anilines is 2. The van der Waals surface area contributed by atoms with E-state index in [1.54, 1.807) is 6.07 Å². The number of nitrogens with one attached hydrogen (secondary N) is 2. The van der Waals surface area contributed by atoms with Crippen LogP contribution in [0.5, 0.6) is 0 Å². The van der Waals surface area contributed by atoms with Gasteiger partial charge in [-0.05, 0) is 43.4 Å². The van der Waals surface area contributed by atoms with Crippen molar-refractivity contribution in [2.75, 3.05) is 16.3 Å². The quantitative estimate of drug-likeness (QED) is 0.872. The third-order valence-electron chi connectivity index (χ3n) is 3.66. The van der Waals surface area contributed by atoms with Gasteiger partial charge >= 0.3 is 0 Å². The summed E-state index contributed by atoms with van der Waals surface area (Å²) in [5.41, 5.74) is 1.59. The highest BCUT2D eigenvalue weighted by Gasteiger charge is 2.22.